The molecule has 1 aromatic heterocycles. The van der Waals surface area contributed by atoms with Crippen molar-refractivity contribution < 1.29 is 14.2 Å². The Morgan fingerprint density at radius 2 is 2.26 bits per heavy atom. The first-order valence-electron chi connectivity index (χ1n) is 6.56. The molecule has 1 atom stereocenters. The number of rotatable bonds is 2. The smallest absolute Gasteiger partial charge is 0.317 e. The molecule has 1 fully saturated rings. The summed E-state index contributed by atoms with van der Waals surface area (Å²) in [5, 5.41) is 1.03. The third kappa shape index (κ3) is 1.90. The molecule has 19 heavy (non-hydrogen) atoms. The van der Waals surface area contributed by atoms with E-state index in [9.17, 15) is 0 Å². The van der Waals surface area contributed by atoms with Crippen LogP contribution in [0, 0.1) is 0 Å². The second kappa shape index (κ2) is 4.35. The van der Waals surface area contributed by atoms with Gasteiger partial charge in [0.25, 0.3) is 0 Å². The summed E-state index contributed by atoms with van der Waals surface area (Å²) in [5.74, 6) is 0.932. The van der Waals surface area contributed by atoms with Gasteiger partial charge in [-0.25, -0.2) is 4.98 Å². The molecule has 0 amide bonds. The van der Waals surface area contributed by atoms with E-state index in [2.05, 4.69) is 9.97 Å². The summed E-state index contributed by atoms with van der Waals surface area (Å²) >= 11 is 0. The first kappa shape index (κ1) is 11.0. The molecule has 1 unspecified atom stereocenters. The van der Waals surface area contributed by atoms with E-state index in [0.717, 1.165) is 48.3 Å². The van der Waals surface area contributed by atoms with Gasteiger partial charge in [-0.1, -0.05) is 0 Å². The average molecular weight is 258 g/mol. The number of hydrogen-bond donors (Lipinski definition) is 0. The van der Waals surface area contributed by atoms with Crippen LogP contribution >= 0.6 is 0 Å². The molecule has 0 spiro atoms. The molecule has 98 valence electrons. The Morgan fingerprint density at radius 3 is 3.16 bits per heavy atom. The van der Waals surface area contributed by atoms with Crippen LogP contribution in [-0.4, -0.2) is 35.9 Å². The number of benzene rings is 1. The number of aromatic nitrogens is 2. The van der Waals surface area contributed by atoms with Gasteiger partial charge in [-0.2, -0.15) is 4.98 Å². The fourth-order valence-corrected chi connectivity index (χ4v) is 2.57. The van der Waals surface area contributed by atoms with Gasteiger partial charge in [-0.3, -0.25) is 0 Å². The Labute approximate surface area is 110 Å². The van der Waals surface area contributed by atoms with Crippen molar-refractivity contribution in [3.05, 3.63) is 23.9 Å². The molecule has 0 radical (unpaired) electrons. The van der Waals surface area contributed by atoms with Crippen LogP contribution in [0.25, 0.3) is 10.9 Å². The summed E-state index contributed by atoms with van der Waals surface area (Å²) < 4.78 is 16.6. The van der Waals surface area contributed by atoms with E-state index >= 15 is 0 Å². The minimum atomic E-state index is 0.0745. The first-order valence-corrected chi connectivity index (χ1v) is 6.56. The SMILES string of the molecule is c1cc2cnc(OC3CCOC3)nc2c2c1OCC2. The van der Waals surface area contributed by atoms with Crippen molar-refractivity contribution in [2.24, 2.45) is 0 Å². The quantitative estimate of drug-likeness (QED) is 0.821. The highest BCUT2D eigenvalue weighted by Crippen LogP contribution is 2.31. The Hall–Kier alpha value is -1.88. The third-order valence-corrected chi connectivity index (χ3v) is 3.56. The zero-order valence-electron chi connectivity index (χ0n) is 10.5. The van der Waals surface area contributed by atoms with Gasteiger partial charge in [-0.15, -0.1) is 0 Å². The zero-order valence-corrected chi connectivity index (χ0v) is 10.5. The van der Waals surface area contributed by atoms with Gasteiger partial charge < -0.3 is 14.2 Å². The molecule has 2 aliphatic rings. The van der Waals surface area contributed by atoms with Crippen LogP contribution < -0.4 is 9.47 Å². The second-order valence-electron chi connectivity index (χ2n) is 4.83. The maximum Gasteiger partial charge on any atom is 0.317 e. The van der Waals surface area contributed by atoms with E-state index in [1.54, 1.807) is 0 Å². The van der Waals surface area contributed by atoms with Crippen molar-refractivity contribution in [1.29, 1.82) is 0 Å². The minimum absolute atomic E-state index is 0.0745. The van der Waals surface area contributed by atoms with Crippen molar-refractivity contribution in [3.8, 4) is 11.8 Å². The van der Waals surface area contributed by atoms with Crippen LogP contribution in [0.2, 0.25) is 0 Å². The molecule has 0 saturated carbocycles. The molecule has 4 rings (SSSR count). The maximum absolute atomic E-state index is 5.76. The van der Waals surface area contributed by atoms with Gasteiger partial charge >= 0.3 is 6.01 Å². The monoisotopic (exact) mass is 258 g/mol. The highest BCUT2D eigenvalue weighted by molar-refractivity contribution is 5.84. The Bertz CT molecular complexity index is 623. The van der Waals surface area contributed by atoms with Crippen molar-refractivity contribution in [1.82, 2.24) is 9.97 Å². The molecule has 2 aromatic rings. The third-order valence-electron chi connectivity index (χ3n) is 3.56. The fourth-order valence-electron chi connectivity index (χ4n) is 2.57. The van der Waals surface area contributed by atoms with Gasteiger partial charge in [0.1, 0.15) is 11.9 Å². The number of hydrogen-bond acceptors (Lipinski definition) is 5. The number of ether oxygens (including phenoxy) is 3. The summed E-state index contributed by atoms with van der Waals surface area (Å²) in [7, 11) is 0. The topological polar surface area (TPSA) is 53.5 Å². The fraction of sp³-hybridized carbons (Fsp3) is 0.429. The highest BCUT2D eigenvalue weighted by Gasteiger charge is 2.20. The van der Waals surface area contributed by atoms with Gasteiger partial charge in [0.15, 0.2) is 0 Å². The average Bonchev–Trinajstić information content (AvgIpc) is 3.08. The van der Waals surface area contributed by atoms with Gasteiger partial charge in [0, 0.05) is 30.0 Å². The minimum Gasteiger partial charge on any atom is -0.493 e. The summed E-state index contributed by atoms with van der Waals surface area (Å²) in [4.78, 5) is 8.81. The summed E-state index contributed by atoms with van der Waals surface area (Å²) in [6.07, 6.45) is 3.68. The van der Waals surface area contributed by atoms with Crippen molar-refractivity contribution in [3.63, 3.8) is 0 Å². The van der Waals surface area contributed by atoms with Crippen LogP contribution in [0.3, 0.4) is 0 Å². The predicted octanol–water partition coefficient (Wildman–Crippen LogP) is 1.73. The van der Waals surface area contributed by atoms with Crippen LogP contribution in [0.15, 0.2) is 18.3 Å². The lowest BCUT2D eigenvalue weighted by atomic mass is 10.1. The Balaban J connectivity index is 1.73. The highest BCUT2D eigenvalue weighted by atomic mass is 16.6. The second-order valence-corrected chi connectivity index (χ2v) is 4.83. The zero-order chi connectivity index (χ0) is 12.7. The van der Waals surface area contributed by atoms with Crippen LogP contribution in [0.1, 0.15) is 12.0 Å². The predicted molar refractivity (Wildman–Crippen MR) is 68.6 cm³/mol. The molecule has 0 bridgehead atoms. The molecule has 1 saturated heterocycles. The summed E-state index contributed by atoms with van der Waals surface area (Å²) in [6, 6.07) is 4.41. The van der Waals surface area contributed by atoms with Crippen LogP contribution in [-0.2, 0) is 11.2 Å². The van der Waals surface area contributed by atoms with Crippen molar-refractivity contribution in [2.45, 2.75) is 18.9 Å². The lowest BCUT2D eigenvalue weighted by Crippen LogP contribution is -2.17. The van der Waals surface area contributed by atoms with Crippen LogP contribution in [0.5, 0.6) is 11.8 Å². The molecule has 0 aliphatic carbocycles. The van der Waals surface area contributed by atoms with Gasteiger partial charge in [-0.05, 0) is 12.1 Å². The largest absolute Gasteiger partial charge is 0.493 e. The van der Waals surface area contributed by atoms with Crippen molar-refractivity contribution >= 4 is 10.9 Å². The number of nitrogens with zero attached hydrogens (tertiary/aromatic N) is 2. The van der Waals surface area contributed by atoms with Crippen LogP contribution in [0.4, 0.5) is 0 Å². The summed E-state index contributed by atoms with van der Waals surface area (Å²) in [5.41, 5.74) is 2.10. The normalized spacial score (nSPS) is 21.4. The molecule has 5 heteroatoms. The molecular weight excluding hydrogens is 244 g/mol. The van der Waals surface area contributed by atoms with E-state index in [4.69, 9.17) is 14.2 Å². The van der Waals surface area contributed by atoms with E-state index < -0.39 is 0 Å². The lowest BCUT2D eigenvalue weighted by Gasteiger charge is -2.10. The maximum atomic E-state index is 5.76. The molecule has 2 aliphatic heterocycles. The number of fused-ring (bicyclic) bond motifs is 3. The first-order chi connectivity index (χ1) is 9.40. The lowest BCUT2D eigenvalue weighted by molar-refractivity contribution is 0.134. The molecule has 3 heterocycles. The molecular formula is C14H14N2O3. The molecule has 5 nitrogen and oxygen atoms in total. The van der Waals surface area contributed by atoms with E-state index in [-0.39, 0.29) is 6.10 Å². The Morgan fingerprint density at radius 1 is 1.26 bits per heavy atom. The van der Waals surface area contributed by atoms with Crippen molar-refractivity contribution in [2.75, 3.05) is 19.8 Å². The van der Waals surface area contributed by atoms with E-state index in [1.807, 2.05) is 18.3 Å². The van der Waals surface area contributed by atoms with Gasteiger partial charge in [0.2, 0.25) is 0 Å². The van der Waals surface area contributed by atoms with E-state index in [0.29, 0.717) is 12.6 Å². The summed E-state index contributed by atoms with van der Waals surface area (Å²) in [6.45, 7) is 2.10. The standard InChI is InChI=1S/C14H14N2O3/c1-2-12-11(4-6-18-12)13-9(1)7-15-14(16-13)19-10-3-5-17-8-10/h1-2,7,10H,3-6,8H2. The molecule has 0 N–H and O–H groups in total. The van der Waals surface area contributed by atoms with E-state index in [1.165, 1.54) is 0 Å². The Kier molecular flexibility index (Phi) is 2.51. The van der Waals surface area contributed by atoms with Gasteiger partial charge in [0.05, 0.1) is 25.3 Å². The molecule has 1 aromatic carbocycles.